The van der Waals surface area contributed by atoms with Crippen LogP contribution in [0.25, 0.3) is 32.9 Å². The zero-order chi connectivity index (χ0) is 37.8. The third-order valence-electron chi connectivity index (χ3n) is 10.2. The number of piperazine rings is 1. The van der Waals surface area contributed by atoms with Crippen LogP contribution in [0, 0.1) is 24.0 Å². The van der Waals surface area contributed by atoms with Gasteiger partial charge in [0.2, 0.25) is 5.91 Å². The molecule has 1 amide bonds. The van der Waals surface area contributed by atoms with Gasteiger partial charge in [-0.05, 0) is 61.4 Å². The fourth-order valence-electron chi connectivity index (χ4n) is 7.36. The van der Waals surface area contributed by atoms with E-state index in [1.54, 1.807) is 24.3 Å². The molecule has 2 bridgehead atoms. The van der Waals surface area contributed by atoms with Crippen LogP contribution < -0.4 is 20.3 Å². The van der Waals surface area contributed by atoms with Crippen molar-refractivity contribution >= 4 is 49.1 Å². The van der Waals surface area contributed by atoms with Gasteiger partial charge in [0.15, 0.2) is 11.6 Å². The molecule has 0 radical (unpaired) electrons. The number of rotatable bonds is 10. The highest BCUT2D eigenvalue weighted by Gasteiger charge is 2.34. The fraction of sp³-hybridized carbons (Fsp3) is 0.282. The van der Waals surface area contributed by atoms with Gasteiger partial charge >= 0.3 is 6.01 Å². The summed E-state index contributed by atoms with van der Waals surface area (Å²) in [6.07, 6.45) is 12.2. The molecule has 16 heteroatoms. The first-order valence-corrected chi connectivity index (χ1v) is 19.4. The number of carbonyl (C=O) groups is 1. The van der Waals surface area contributed by atoms with Gasteiger partial charge in [-0.1, -0.05) is 30.2 Å². The van der Waals surface area contributed by atoms with E-state index in [-0.39, 0.29) is 58.7 Å². The van der Waals surface area contributed by atoms with Gasteiger partial charge in [0, 0.05) is 53.9 Å². The maximum Gasteiger partial charge on any atom is 0.319 e. The molecule has 3 aromatic heterocycles. The van der Waals surface area contributed by atoms with Crippen LogP contribution in [0.5, 0.6) is 6.01 Å². The summed E-state index contributed by atoms with van der Waals surface area (Å²) in [5.74, 6) is 1.82. The quantitative estimate of drug-likeness (QED) is 0.178. The molecule has 3 fully saturated rings. The lowest BCUT2D eigenvalue weighted by Gasteiger charge is -2.34. The number of hydrogen-bond acceptors (Lipinski definition) is 11. The zero-order valence-electron chi connectivity index (χ0n) is 29.2. The molecule has 1 aliphatic carbocycles. The minimum Gasteiger partial charge on any atom is -0.463 e. The highest BCUT2D eigenvalue weighted by Crippen LogP contribution is 2.39. The first kappa shape index (κ1) is 34.7. The molecule has 0 spiro atoms. The van der Waals surface area contributed by atoms with E-state index < -0.39 is 27.6 Å². The third-order valence-corrected chi connectivity index (χ3v) is 11.8. The number of terminal acetylenes is 1. The summed E-state index contributed by atoms with van der Waals surface area (Å²) in [7, 11) is -3.94. The second kappa shape index (κ2) is 13.7. The molecule has 2 aliphatic heterocycles. The lowest BCUT2D eigenvalue weighted by atomic mass is 9.96. The van der Waals surface area contributed by atoms with Crippen LogP contribution in [0.2, 0.25) is 0 Å². The van der Waals surface area contributed by atoms with Crippen LogP contribution in [0.3, 0.4) is 0 Å². The molecule has 3 aliphatic rings. The number of pyridine rings is 1. The first-order chi connectivity index (χ1) is 26.7. The molecular formula is C39H33F2N9O4S. The predicted octanol–water partition coefficient (Wildman–Crippen LogP) is 5.16. The van der Waals surface area contributed by atoms with Crippen LogP contribution in [-0.4, -0.2) is 75.2 Å². The highest BCUT2D eigenvalue weighted by atomic mass is 32.2. The van der Waals surface area contributed by atoms with E-state index in [2.05, 4.69) is 46.5 Å². The molecule has 3 aromatic carbocycles. The number of nitrogens with one attached hydrogen (secondary N) is 2. The van der Waals surface area contributed by atoms with Gasteiger partial charge in [0.05, 0.1) is 22.3 Å². The molecule has 2 saturated heterocycles. The molecule has 13 nitrogen and oxygen atoms in total. The molecule has 1 saturated carbocycles. The van der Waals surface area contributed by atoms with Crippen molar-refractivity contribution in [3.63, 3.8) is 0 Å². The number of aromatic nitrogens is 6. The topological polar surface area (TPSA) is 157 Å². The van der Waals surface area contributed by atoms with Crippen molar-refractivity contribution in [2.24, 2.45) is 0 Å². The van der Waals surface area contributed by atoms with E-state index in [9.17, 15) is 17.6 Å². The molecule has 2 N–H and O–H groups in total. The van der Waals surface area contributed by atoms with Gasteiger partial charge in [-0.25, -0.2) is 13.8 Å². The first-order valence-electron chi connectivity index (χ1n) is 17.9. The Labute approximate surface area is 314 Å². The molecule has 5 heterocycles. The van der Waals surface area contributed by atoms with Gasteiger partial charge in [0.25, 0.3) is 10.0 Å². The molecule has 9 rings (SSSR count). The standard InChI is InChI=1S/C39H33F2N9O4S/c1-2-28-31(40)15-8-22-4-3-5-29(33(22)28)35-34(41)36-30(18-42-35)38(49-19-25-9-10-26(20-49)44-25)47-39(46-36)54-17-16-32(51)45-24-11-13-27(14-12-24)55(52,53)50-21-43-37(48-50)23-6-7-23/h1,3-5,8,11-15,18,21,23,25-26,44H,6-7,9-10,16-17,19-20H2,(H,45,51). The number of ether oxygens (including phenoxy) is 1. The van der Waals surface area contributed by atoms with E-state index in [1.165, 1.54) is 42.9 Å². The Kier molecular flexibility index (Phi) is 8.62. The van der Waals surface area contributed by atoms with Gasteiger partial charge in [-0.15, -0.1) is 15.6 Å². The zero-order valence-corrected chi connectivity index (χ0v) is 30.1. The van der Waals surface area contributed by atoms with Crippen molar-refractivity contribution in [1.82, 2.24) is 34.4 Å². The second-order valence-corrected chi connectivity index (χ2v) is 15.7. The van der Waals surface area contributed by atoms with Gasteiger partial charge in [-0.2, -0.15) is 18.4 Å². The van der Waals surface area contributed by atoms with E-state index >= 15 is 4.39 Å². The Morgan fingerprint density at radius 2 is 1.78 bits per heavy atom. The highest BCUT2D eigenvalue weighted by molar-refractivity contribution is 7.89. The lowest BCUT2D eigenvalue weighted by Crippen LogP contribution is -2.51. The Morgan fingerprint density at radius 1 is 1.00 bits per heavy atom. The minimum absolute atomic E-state index is 0.00230. The van der Waals surface area contributed by atoms with Crippen molar-refractivity contribution in [2.45, 2.75) is 55.0 Å². The summed E-state index contributed by atoms with van der Waals surface area (Å²) in [4.78, 5) is 32.8. The van der Waals surface area contributed by atoms with Crippen LogP contribution in [-0.2, 0) is 14.8 Å². The number of anilines is 2. The summed E-state index contributed by atoms with van der Waals surface area (Å²) < 4.78 is 64.4. The maximum absolute atomic E-state index is 16.7. The number of amides is 1. The predicted molar refractivity (Wildman–Crippen MR) is 200 cm³/mol. The number of carbonyl (C=O) groups excluding carboxylic acids is 1. The van der Waals surface area contributed by atoms with Crippen molar-refractivity contribution in [1.29, 1.82) is 0 Å². The van der Waals surface area contributed by atoms with Crippen molar-refractivity contribution in [3.05, 3.63) is 90.1 Å². The van der Waals surface area contributed by atoms with Crippen LogP contribution >= 0.6 is 0 Å². The van der Waals surface area contributed by atoms with Gasteiger partial charge in [0.1, 0.15) is 35.8 Å². The molecule has 2 atom stereocenters. The number of fused-ring (bicyclic) bond motifs is 4. The minimum atomic E-state index is -3.94. The summed E-state index contributed by atoms with van der Waals surface area (Å²) in [5, 5.41) is 11.8. The van der Waals surface area contributed by atoms with Crippen molar-refractivity contribution < 1.29 is 26.7 Å². The smallest absolute Gasteiger partial charge is 0.319 e. The van der Waals surface area contributed by atoms with Crippen molar-refractivity contribution in [2.75, 3.05) is 29.9 Å². The second-order valence-electron chi connectivity index (χ2n) is 14.0. The number of nitrogens with zero attached hydrogens (tertiary/aromatic N) is 7. The van der Waals surface area contributed by atoms with E-state index in [4.69, 9.17) is 11.2 Å². The van der Waals surface area contributed by atoms with Crippen LogP contribution in [0.1, 0.15) is 49.4 Å². The summed E-state index contributed by atoms with van der Waals surface area (Å²) >= 11 is 0. The average Bonchev–Trinajstić information content (AvgIpc) is 3.81. The third kappa shape index (κ3) is 6.48. The molecule has 2 unspecified atom stereocenters. The van der Waals surface area contributed by atoms with Crippen molar-refractivity contribution in [3.8, 4) is 29.6 Å². The largest absolute Gasteiger partial charge is 0.463 e. The number of halogens is 2. The maximum atomic E-state index is 16.7. The van der Waals surface area contributed by atoms with E-state index in [0.29, 0.717) is 52.1 Å². The van der Waals surface area contributed by atoms with Gasteiger partial charge in [-0.3, -0.25) is 9.78 Å². The Morgan fingerprint density at radius 3 is 2.53 bits per heavy atom. The molecule has 6 aromatic rings. The SMILES string of the molecule is C#Cc1c(F)ccc2cccc(-c3ncc4c(N5CC6CCC(C5)N6)nc(OCCC(=O)Nc5ccc(S(=O)(=O)n6cnc(C7CC7)n6)cc5)nc4c3F)c12. The fourth-order valence-corrected chi connectivity index (χ4v) is 8.42. The van der Waals surface area contributed by atoms with E-state index in [1.807, 2.05) is 0 Å². The summed E-state index contributed by atoms with van der Waals surface area (Å²) in [6, 6.07) is 14.1. The summed E-state index contributed by atoms with van der Waals surface area (Å²) in [6.45, 7) is 1.14. The molecular weight excluding hydrogens is 729 g/mol. The van der Waals surface area contributed by atoms with Gasteiger partial charge < -0.3 is 20.3 Å². The Balaban J connectivity index is 0.962. The average molecular weight is 762 g/mol. The van der Waals surface area contributed by atoms with Crippen LogP contribution in [0.4, 0.5) is 20.3 Å². The lowest BCUT2D eigenvalue weighted by molar-refractivity contribution is -0.116. The number of benzene rings is 3. The molecule has 55 heavy (non-hydrogen) atoms. The monoisotopic (exact) mass is 761 g/mol. The van der Waals surface area contributed by atoms with E-state index in [0.717, 1.165) is 29.8 Å². The normalized spacial score (nSPS) is 18.1. The van der Waals surface area contributed by atoms with Crippen LogP contribution in [0.15, 0.2) is 72.0 Å². The summed E-state index contributed by atoms with van der Waals surface area (Å²) in [5.41, 5.74) is 0.600. The Bertz CT molecular complexity index is 2650. The molecule has 278 valence electrons. The Hall–Kier alpha value is -6.05. The number of hydrogen-bond donors (Lipinski definition) is 2.